The molecule has 1 aliphatic rings. The Bertz CT molecular complexity index is 375. The van der Waals surface area contributed by atoms with Gasteiger partial charge in [0, 0.05) is 47.0 Å². The van der Waals surface area contributed by atoms with E-state index in [4.69, 9.17) is 0 Å². The van der Waals surface area contributed by atoms with Gasteiger partial charge in [0.15, 0.2) is 0 Å². The van der Waals surface area contributed by atoms with E-state index >= 15 is 0 Å². The van der Waals surface area contributed by atoms with E-state index in [9.17, 15) is 0 Å². The van der Waals surface area contributed by atoms with E-state index in [0.717, 1.165) is 5.75 Å². The lowest BCUT2D eigenvalue weighted by molar-refractivity contribution is 1.42. The van der Waals surface area contributed by atoms with Crippen molar-refractivity contribution < 1.29 is 0 Å². The maximum absolute atomic E-state index is 4.28. The second-order valence-electron chi connectivity index (χ2n) is 2.63. The zero-order valence-electron chi connectivity index (χ0n) is 7.22. The number of hydrogen-bond acceptors (Lipinski definition) is 3. The van der Waals surface area contributed by atoms with Crippen LogP contribution in [-0.2, 0) is 14.9 Å². The summed E-state index contributed by atoms with van der Waals surface area (Å²) in [4.78, 5) is 0. The van der Waals surface area contributed by atoms with Gasteiger partial charge in [-0.15, -0.1) is 11.8 Å². The molecule has 0 radical (unpaired) electrons. The van der Waals surface area contributed by atoms with E-state index in [0.29, 0.717) is 0 Å². The average molecular weight is 306 g/mol. The zero-order valence-corrected chi connectivity index (χ0v) is 11.3. The molecule has 1 nitrogen and oxygen atoms in total. The first-order valence-electron chi connectivity index (χ1n) is 4.00. The van der Waals surface area contributed by atoms with Crippen LogP contribution >= 0.6 is 38.5 Å². The van der Waals surface area contributed by atoms with Crippen molar-refractivity contribution in [3.63, 3.8) is 0 Å². The molecular weight excluding hydrogens is 298 g/mol. The fourth-order valence-electron chi connectivity index (χ4n) is 0.990. The highest BCUT2D eigenvalue weighted by molar-refractivity contribution is 9.47. The Morgan fingerprint density at radius 2 is 2.14 bits per heavy atom. The second kappa shape index (κ2) is 5.39. The van der Waals surface area contributed by atoms with Gasteiger partial charge in [0.05, 0.1) is 4.24 Å². The SMILES string of the molecule is BrS1=NSC=C1SCc1ccccc1. The molecule has 1 aromatic carbocycles. The van der Waals surface area contributed by atoms with Gasteiger partial charge in [0.2, 0.25) is 0 Å². The van der Waals surface area contributed by atoms with Crippen molar-refractivity contribution in [3.8, 4) is 0 Å². The highest BCUT2D eigenvalue weighted by atomic mass is 79.9. The quantitative estimate of drug-likeness (QED) is 0.763. The van der Waals surface area contributed by atoms with Crippen molar-refractivity contribution in [2.45, 2.75) is 5.75 Å². The molecule has 0 fully saturated rings. The van der Waals surface area contributed by atoms with Gasteiger partial charge in [-0.25, -0.2) is 0 Å². The fourth-order valence-corrected chi connectivity index (χ4v) is 6.18. The molecule has 0 saturated heterocycles. The van der Waals surface area contributed by atoms with Gasteiger partial charge in [0.1, 0.15) is 0 Å². The van der Waals surface area contributed by atoms with Gasteiger partial charge in [-0.2, -0.15) is 3.77 Å². The summed E-state index contributed by atoms with van der Waals surface area (Å²) < 4.78 is 5.61. The molecule has 1 unspecified atom stereocenters. The Kier molecular flexibility index (Phi) is 4.16. The third-order valence-electron chi connectivity index (χ3n) is 1.65. The molecule has 5 heteroatoms. The van der Waals surface area contributed by atoms with Crippen molar-refractivity contribution in [1.82, 2.24) is 0 Å². The van der Waals surface area contributed by atoms with Crippen molar-refractivity contribution in [3.05, 3.63) is 45.5 Å². The molecule has 0 N–H and O–H groups in total. The zero-order chi connectivity index (χ0) is 9.80. The van der Waals surface area contributed by atoms with Gasteiger partial charge < -0.3 is 0 Å². The Balaban J connectivity index is 1.93. The molecule has 74 valence electrons. The van der Waals surface area contributed by atoms with Gasteiger partial charge in [-0.1, -0.05) is 30.3 Å². The van der Waals surface area contributed by atoms with Crippen molar-refractivity contribution in [1.29, 1.82) is 0 Å². The Labute approximate surface area is 102 Å². The summed E-state index contributed by atoms with van der Waals surface area (Å²) in [5.74, 6) is 1.03. The van der Waals surface area contributed by atoms with Crippen LogP contribution in [0.15, 0.2) is 43.7 Å². The maximum atomic E-state index is 4.28. The summed E-state index contributed by atoms with van der Waals surface area (Å²) in [6.45, 7) is 0. The number of rotatable bonds is 3. The molecule has 0 saturated carbocycles. The molecular formula is C9H8BrNS3. The van der Waals surface area contributed by atoms with Gasteiger partial charge in [0.25, 0.3) is 0 Å². The smallest absolute Gasteiger partial charge is 0.0718 e. The van der Waals surface area contributed by atoms with E-state index in [1.54, 1.807) is 0 Å². The first kappa shape index (κ1) is 10.8. The number of halogens is 1. The van der Waals surface area contributed by atoms with Crippen LogP contribution in [0.2, 0.25) is 0 Å². The molecule has 0 aliphatic carbocycles. The highest BCUT2D eigenvalue weighted by Gasteiger charge is 2.08. The minimum atomic E-state index is -0.0597. The van der Waals surface area contributed by atoms with Crippen LogP contribution in [0.5, 0.6) is 0 Å². The van der Waals surface area contributed by atoms with Crippen molar-refractivity contribution in [2.75, 3.05) is 0 Å². The summed E-state index contributed by atoms with van der Waals surface area (Å²) >= 11 is 6.92. The molecule has 1 atom stereocenters. The summed E-state index contributed by atoms with van der Waals surface area (Å²) in [6, 6.07) is 10.5. The van der Waals surface area contributed by atoms with Crippen LogP contribution in [0, 0.1) is 0 Å². The summed E-state index contributed by atoms with van der Waals surface area (Å²) in [5.41, 5.74) is 1.36. The highest BCUT2D eigenvalue weighted by Crippen LogP contribution is 2.36. The van der Waals surface area contributed by atoms with E-state index in [1.165, 1.54) is 21.7 Å². The van der Waals surface area contributed by atoms with E-state index < -0.39 is 0 Å². The molecule has 1 heterocycles. The van der Waals surface area contributed by atoms with E-state index in [-0.39, 0.29) is 9.12 Å². The Hall–Kier alpha value is 0.290. The van der Waals surface area contributed by atoms with E-state index in [2.05, 4.69) is 48.3 Å². The van der Waals surface area contributed by atoms with Crippen molar-refractivity contribution in [2.24, 2.45) is 3.77 Å². The molecule has 0 spiro atoms. The number of benzene rings is 1. The standard InChI is InChI=1S/C9H8BrNS3/c10-14-9(7-13-11-14)12-6-8-4-2-1-3-5-8/h1-5,7H,6H2. The maximum Gasteiger partial charge on any atom is 0.0718 e. The molecule has 2 rings (SSSR count). The average Bonchev–Trinajstić information content (AvgIpc) is 2.63. The molecule has 0 amide bonds. The predicted octanol–water partition coefficient (Wildman–Crippen LogP) is 4.49. The summed E-state index contributed by atoms with van der Waals surface area (Å²) in [5, 5.41) is 2.12. The topological polar surface area (TPSA) is 12.4 Å². The second-order valence-corrected chi connectivity index (χ2v) is 7.70. The normalized spacial score (nSPS) is 20.4. The Morgan fingerprint density at radius 3 is 2.79 bits per heavy atom. The number of nitrogens with zero attached hydrogens (tertiary/aromatic N) is 1. The van der Waals surface area contributed by atoms with Crippen LogP contribution in [0.25, 0.3) is 0 Å². The predicted molar refractivity (Wildman–Crippen MR) is 72.1 cm³/mol. The minimum Gasteiger partial charge on any atom is -0.174 e. The van der Waals surface area contributed by atoms with Crippen LogP contribution in [0.1, 0.15) is 5.56 Å². The first-order valence-corrected chi connectivity index (χ1v) is 8.85. The third kappa shape index (κ3) is 2.89. The molecule has 0 bridgehead atoms. The lowest BCUT2D eigenvalue weighted by atomic mass is 10.2. The van der Waals surface area contributed by atoms with Crippen LogP contribution in [0.4, 0.5) is 0 Å². The monoisotopic (exact) mass is 305 g/mol. The number of hydrogen-bond donors (Lipinski definition) is 0. The fraction of sp³-hybridized carbons (Fsp3) is 0.111. The van der Waals surface area contributed by atoms with Gasteiger partial charge in [-0.3, -0.25) is 0 Å². The molecule has 1 aromatic rings. The van der Waals surface area contributed by atoms with E-state index in [1.807, 2.05) is 17.8 Å². The van der Waals surface area contributed by atoms with Gasteiger partial charge in [-0.05, 0) is 5.56 Å². The molecule has 1 aliphatic heterocycles. The lowest BCUT2D eigenvalue weighted by Crippen LogP contribution is -1.81. The minimum absolute atomic E-state index is 0.0597. The lowest BCUT2D eigenvalue weighted by Gasteiger charge is -2.01. The van der Waals surface area contributed by atoms with Gasteiger partial charge >= 0.3 is 0 Å². The summed E-state index contributed by atoms with van der Waals surface area (Å²) in [6.07, 6.45) is 0. The molecule has 14 heavy (non-hydrogen) atoms. The van der Waals surface area contributed by atoms with Crippen LogP contribution < -0.4 is 0 Å². The molecule has 0 aromatic heterocycles. The summed E-state index contributed by atoms with van der Waals surface area (Å²) in [7, 11) is -0.0597. The first-order chi connectivity index (χ1) is 6.86. The van der Waals surface area contributed by atoms with Crippen LogP contribution in [0.3, 0.4) is 0 Å². The third-order valence-corrected chi connectivity index (χ3v) is 8.06. The number of thioether (sulfide) groups is 1. The Morgan fingerprint density at radius 1 is 1.36 bits per heavy atom. The largest absolute Gasteiger partial charge is 0.174 e. The van der Waals surface area contributed by atoms with Crippen molar-refractivity contribution >= 4 is 47.6 Å². The van der Waals surface area contributed by atoms with Crippen LogP contribution in [-0.4, -0.2) is 0 Å².